The van der Waals surface area contributed by atoms with Gasteiger partial charge in [0.05, 0.1) is 5.60 Å². The Morgan fingerprint density at radius 3 is 1.75 bits per heavy atom. The summed E-state index contributed by atoms with van der Waals surface area (Å²) in [6.07, 6.45) is 5.78. The number of hydrogen-bond donors (Lipinski definition) is 1. The molecule has 0 fully saturated rings. The van der Waals surface area contributed by atoms with E-state index in [1.54, 1.807) is 0 Å². The predicted octanol–water partition coefficient (Wildman–Crippen LogP) is 3.28. The van der Waals surface area contributed by atoms with Crippen molar-refractivity contribution < 1.29 is 5.11 Å². The Kier molecular flexibility index (Phi) is 5.23. The Morgan fingerprint density at radius 1 is 1.08 bits per heavy atom. The number of aliphatic hydroxyl groups is 1. The van der Waals surface area contributed by atoms with Crippen LogP contribution in [0.5, 0.6) is 0 Å². The van der Waals surface area contributed by atoms with Crippen LogP contribution in [-0.4, -0.2) is 10.7 Å². The van der Waals surface area contributed by atoms with Gasteiger partial charge in [0.1, 0.15) is 0 Å². The minimum atomic E-state index is -0.554. The third-order valence-corrected chi connectivity index (χ3v) is 2.61. The van der Waals surface area contributed by atoms with Crippen molar-refractivity contribution in [1.29, 1.82) is 0 Å². The van der Waals surface area contributed by atoms with E-state index in [9.17, 15) is 5.11 Å². The highest BCUT2D eigenvalue weighted by atomic mass is 16.3. The highest BCUT2D eigenvalue weighted by Gasteiger charge is 2.18. The third kappa shape index (κ3) is 3.40. The molecule has 0 saturated carbocycles. The molecule has 0 unspecified atom stereocenters. The van der Waals surface area contributed by atoms with Crippen LogP contribution in [-0.2, 0) is 0 Å². The van der Waals surface area contributed by atoms with Crippen LogP contribution in [0.2, 0.25) is 0 Å². The van der Waals surface area contributed by atoms with Gasteiger partial charge in [0.25, 0.3) is 0 Å². The summed E-state index contributed by atoms with van der Waals surface area (Å²) in [5, 5.41) is 9.98. The number of rotatable bonds is 5. The lowest BCUT2D eigenvalue weighted by atomic mass is 9.93. The van der Waals surface area contributed by atoms with E-state index in [0.717, 1.165) is 25.7 Å². The summed E-state index contributed by atoms with van der Waals surface area (Å²) in [6, 6.07) is 0. The molecule has 1 heteroatoms. The fourth-order valence-corrected chi connectivity index (χ4v) is 1.29. The zero-order chi connectivity index (χ0) is 9.61. The molecule has 0 bridgehead atoms. The lowest BCUT2D eigenvalue weighted by Crippen LogP contribution is -2.23. The van der Waals surface area contributed by atoms with Gasteiger partial charge in [-0.25, -0.2) is 0 Å². The van der Waals surface area contributed by atoms with Gasteiger partial charge in [-0.15, -0.1) is 0 Å². The van der Waals surface area contributed by atoms with E-state index in [1.807, 2.05) is 19.9 Å². The van der Waals surface area contributed by atoms with Crippen LogP contribution >= 0.6 is 0 Å². The van der Waals surface area contributed by atoms with Crippen molar-refractivity contribution >= 4 is 0 Å². The van der Waals surface area contributed by atoms with Crippen molar-refractivity contribution in [3.8, 4) is 0 Å². The van der Waals surface area contributed by atoms with Crippen molar-refractivity contribution in [1.82, 2.24) is 0 Å². The molecule has 0 aromatic heterocycles. The molecular formula is C11H22O. The summed E-state index contributed by atoms with van der Waals surface area (Å²) in [4.78, 5) is 0. The average molecular weight is 170 g/mol. The van der Waals surface area contributed by atoms with Gasteiger partial charge in [-0.05, 0) is 25.7 Å². The van der Waals surface area contributed by atoms with Gasteiger partial charge in [-0.1, -0.05) is 39.3 Å². The van der Waals surface area contributed by atoms with Gasteiger partial charge in [-0.3, -0.25) is 0 Å². The van der Waals surface area contributed by atoms with E-state index in [0.29, 0.717) is 0 Å². The van der Waals surface area contributed by atoms with Gasteiger partial charge in [0.15, 0.2) is 0 Å². The first kappa shape index (κ1) is 11.7. The first-order valence-electron chi connectivity index (χ1n) is 5.04. The van der Waals surface area contributed by atoms with Crippen molar-refractivity contribution in [2.75, 3.05) is 0 Å². The Balaban J connectivity index is 4.42. The fraction of sp³-hybridized carbons (Fsp3) is 0.818. The second-order valence-corrected chi connectivity index (χ2v) is 3.32. The molecule has 0 aliphatic heterocycles. The molecule has 0 radical (unpaired) electrons. The Hall–Kier alpha value is -0.300. The molecule has 0 saturated heterocycles. The highest BCUT2D eigenvalue weighted by molar-refractivity contribution is 5.09. The van der Waals surface area contributed by atoms with Crippen LogP contribution in [0, 0.1) is 0 Å². The Labute approximate surface area is 76.5 Å². The maximum atomic E-state index is 9.98. The van der Waals surface area contributed by atoms with E-state index in [2.05, 4.69) is 13.8 Å². The van der Waals surface area contributed by atoms with E-state index >= 15 is 0 Å². The standard InChI is InChI=1S/C11H22O/c1-5-10(6-2)9-11(12,7-3)8-4/h9,12H,5-8H2,1-4H3. The van der Waals surface area contributed by atoms with E-state index in [-0.39, 0.29) is 0 Å². The van der Waals surface area contributed by atoms with Crippen LogP contribution < -0.4 is 0 Å². The molecule has 1 N–H and O–H groups in total. The molecule has 1 nitrogen and oxygen atoms in total. The van der Waals surface area contributed by atoms with Gasteiger partial charge in [-0.2, -0.15) is 0 Å². The Bertz CT molecular complexity index is 137. The zero-order valence-corrected chi connectivity index (χ0v) is 8.85. The molecular weight excluding hydrogens is 148 g/mol. The second-order valence-electron chi connectivity index (χ2n) is 3.32. The highest BCUT2D eigenvalue weighted by Crippen LogP contribution is 2.20. The maximum Gasteiger partial charge on any atom is 0.0825 e. The molecule has 0 aromatic rings. The monoisotopic (exact) mass is 170 g/mol. The Morgan fingerprint density at radius 2 is 1.50 bits per heavy atom. The molecule has 12 heavy (non-hydrogen) atoms. The largest absolute Gasteiger partial charge is 0.386 e. The fourth-order valence-electron chi connectivity index (χ4n) is 1.29. The van der Waals surface area contributed by atoms with Gasteiger partial charge >= 0.3 is 0 Å². The lowest BCUT2D eigenvalue weighted by molar-refractivity contribution is 0.0816. The summed E-state index contributed by atoms with van der Waals surface area (Å²) in [6.45, 7) is 8.34. The minimum Gasteiger partial charge on any atom is -0.386 e. The van der Waals surface area contributed by atoms with Crippen LogP contribution in [0.25, 0.3) is 0 Å². The van der Waals surface area contributed by atoms with Crippen LogP contribution in [0.1, 0.15) is 53.4 Å². The van der Waals surface area contributed by atoms with Crippen molar-refractivity contribution in [2.45, 2.75) is 59.0 Å². The summed E-state index contributed by atoms with van der Waals surface area (Å²) >= 11 is 0. The van der Waals surface area contributed by atoms with Gasteiger partial charge < -0.3 is 5.11 Å². The normalized spacial score (nSPS) is 11.4. The zero-order valence-electron chi connectivity index (χ0n) is 8.85. The van der Waals surface area contributed by atoms with Crippen LogP contribution in [0.4, 0.5) is 0 Å². The molecule has 0 aliphatic rings. The van der Waals surface area contributed by atoms with Crippen molar-refractivity contribution in [2.24, 2.45) is 0 Å². The molecule has 0 rings (SSSR count). The first-order valence-corrected chi connectivity index (χ1v) is 5.04. The summed E-state index contributed by atoms with van der Waals surface area (Å²) in [5.74, 6) is 0. The summed E-state index contributed by atoms with van der Waals surface area (Å²) in [5.41, 5.74) is 0.808. The predicted molar refractivity (Wildman–Crippen MR) is 54.2 cm³/mol. The van der Waals surface area contributed by atoms with E-state index < -0.39 is 5.60 Å². The third-order valence-electron chi connectivity index (χ3n) is 2.61. The van der Waals surface area contributed by atoms with Gasteiger partial charge in [0, 0.05) is 0 Å². The molecule has 0 aliphatic carbocycles. The van der Waals surface area contributed by atoms with Gasteiger partial charge in [0.2, 0.25) is 0 Å². The average Bonchev–Trinajstić information content (AvgIpc) is 2.14. The van der Waals surface area contributed by atoms with Crippen LogP contribution in [0.3, 0.4) is 0 Å². The lowest BCUT2D eigenvalue weighted by Gasteiger charge is -2.22. The molecule has 0 aromatic carbocycles. The smallest absolute Gasteiger partial charge is 0.0825 e. The van der Waals surface area contributed by atoms with Crippen molar-refractivity contribution in [3.63, 3.8) is 0 Å². The SMILES string of the molecule is CCC(=CC(O)(CC)CC)CC. The summed E-state index contributed by atoms with van der Waals surface area (Å²) < 4.78 is 0. The minimum absolute atomic E-state index is 0.554. The summed E-state index contributed by atoms with van der Waals surface area (Å²) in [7, 11) is 0. The molecule has 0 amide bonds. The van der Waals surface area contributed by atoms with Crippen molar-refractivity contribution in [3.05, 3.63) is 11.6 Å². The topological polar surface area (TPSA) is 20.2 Å². The quantitative estimate of drug-likeness (QED) is 0.628. The number of hydrogen-bond acceptors (Lipinski definition) is 1. The molecule has 0 heterocycles. The number of allylic oxidation sites excluding steroid dienone is 1. The second kappa shape index (κ2) is 5.36. The van der Waals surface area contributed by atoms with E-state index in [1.165, 1.54) is 5.57 Å². The van der Waals surface area contributed by atoms with E-state index in [4.69, 9.17) is 0 Å². The molecule has 0 spiro atoms. The molecule has 0 atom stereocenters. The first-order chi connectivity index (χ1) is 5.61. The van der Waals surface area contributed by atoms with Crippen LogP contribution in [0.15, 0.2) is 11.6 Å². The molecule has 72 valence electrons. The maximum absolute atomic E-state index is 9.98.